The smallest absolute Gasteiger partial charge is 0.275 e. The summed E-state index contributed by atoms with van der Waals surface area (Å²) in [5.74, 6) is 0.0753. The Morgan fingerprint density at radius 2 is 1.92 bits per heavy atom. The fourth-order valence-corrected chi connectivity index (χ4v) is 3.15. The number of carbonyl (C=O) groups excluding carboxylic acids is 1. The highest BCUT2D eigenvalue weighted by Crippen LogP contribution is 2.17. The molecule has 0 aliphatic heterocycles. The number of halogens is 1. The average Bonchev–Trinajstić information content (AvgIpc) is 3.00. The SMILES string of the molecule is C[NH+](CC(=O)NCCc1c[nH]c2ccccc12)Cc1ccc(Cl)cc1. The van der Waals surface area contributed by atoms with Gasteiger partial charge < -0.3 is 15.2 Å². The molecule has 5 heteroatoms. The number of nitrogens with one attached hydrogen (secondary N) is 3. The van der Waals surface area contributed by atoms with Crippen molar-refractivity contribution in [3.8, 4) is 0 Å². The van der Waals surface area contributed by atoms with E-state index in [0.29, 0.717) is 13.1 Å². The van der Waals surface area contributed by atoms with Gasteiger partial charge in [0.15, 0.2) is 6.54 Å². The third-order valence-electron chi connectivity index (χ3n) is 4.27. The number of likely N-dealkylation sites (N-methyl/N-ethyl adjacent to an activating group) is 1. The van der Waals surface area contributed by atoms with E-state index in [-0.39, 0.29) is 5.91 Å². The van der Waals surface area contributed by atoms with Crippen LogP contribution in [0.15, 0.2) is 54.7 Å². The second-order valence-corrected chi connectivity index (χ2v) is 6.83. The molecule has 1 amide bonds. The van der Waals surface area contributed by atoms with Crippen LogP contribution < -0.4 is 10.2 Å². The highest BCUT2D eigenvalue weighted by molar-refractivity contribution is 6.30. The summed E-state index contributed by atoms with van der Waals surface area (Å²) in [5, 5.41) is 4.97. The Labute approximate surface area is 152 Å². The molecule has 1 aromatic heterocycles. The minimum Gasteiger partial charge on any atom is -0.361 e. The Hall–Kier alpha value is -2.30. The molecule has 0 bridgehead atoms. The van der Waals surface area contributed by atoms with Gasteiger partial charge in [-0.2, -0.15) is 0 Å². The molecule has 1 heterocycles. The van der Waals surface area contributed by atoms with E-state index in [0.717, 1.165) is 28.4 Å². The summed E-state index contributed by atoms with van der Waals surface area (Å²) in [6, 6.07) is 16.0. The summed E-state index contributed by atoms with van der Waals surface area (Å²) >= 11 is 5.90. The Kier molecular flexibility index (Phi) is 5.74. The Morgan fingerprint density at radius 1 is 1.16 bits per heavy atom. The number of carbonyl (C=O) groups is 1. The van der Waals surface area contributed by atoms with Crippen molar-refractivity contribution in [1.82, 2.24) is 10.3 Å². The van der Waals surface area contributed by atoms with Crippen LogP contribution >= 0.6 is 11.6 Å². The maximum atomic E-state index is 12.1. The minimum absolute atomic E-state index is 0.0753. The van der Waals surface area contributed by atoms with Crippen molar-refractivity contribution in [2.75, 3.05) is 20.1 Å². The molecule has 3 N–H and O–H groups in total. The van der Waals surface area contributed by atoms with Gasteiger partial charge >= 0.3 is 0 Å². The van der Waals surface area contributed by atoms with Crippen LogP contribution in [-0.4, -0.2) is 31.0 Å². The fourth-order valence-electron chi connectivity index (χ4n) is 3.02. The van der Waals surface area contributed by atoms with Gasteiger partial charge in [-0.25, -0.2) is 0 Å². The van der Waals surface area contributed by atoms with Crippen LogP contribution in [0.5, 0.6) is 0 Å². The summed E-state index contributed by atoms with van der Waals surface area (Å²) < 4.78 is 0. The standard InChI is InChI=1S/C20H22ClN3O/c1-24(13-15-6-8-17(21)9-7-15)14-20(25)22-11-10-16-12-23-19-5-3-2-4-18(16)19/h2-9,12,23H,10-11,13-14H2,1H3,(H,22,25)/p+1. The number of H-pyrrole nitrogens is 1. The summed E-state index contributed by atoms with van der Waals surface area (Å²) in [6.07, 6.45) is 2.85. The van der Waals surface area contributed by atoms with Gasteiger partial charge in [-0.05, 0) is 30.2 Å². The lowest BCUT2D eigenvalue weighted by Gasteiger charge is -2.14. The molecule has 0 spiro atoms. The fraction of sp³-hybridized carbons (Fsp3) is 0.250. The quantitative estimate of drug-likeness (QED) is 0.597. The normalized spacial score (nSPS) is 12.2. The number of rotatable bonds is 7. The average molecular weight is 357 g/mol. The molecule has 3 aromatic rings. The first-order chi connectivity index (χ1) is 12.1. The predicted molar refractivity (Wildman–Crippen MR) is 102 cm³/mol. The number of hydrogen-bond donors (Lipinski definition) is 3. The topological polar surface area (TPSA) is 49.3 Å². The van der Waals surface area contributed by atoms with Crippen molar-refractivity contribution in [3.05, 3.63) is 70.9 Å². The number of benzene rings is 2. The van der Waals surface area contributed by atoms with Gasteiger partial charge in [-0.3, -0.25) is 4.79 Å². The molecule has 0 aliphatic rings. The molecule has 0 fully saturated rings. The second-order valence-electron chi connectivity index (χ2n) is 6.40. The number of amides is 1. The van der Waals surface area contributed by atoms with Gasteiger partial charge in [-0.15, -0.1) is 0 Å². The zero-order chi connectivity index (χ0) is 17.6. The zero-order valence-corrected chi connectivity index (χ0v) is 15.1. The maximum Gasteiger partial charge on any atom is 0.275 e. The third kappa shape index (κ3) is 4.84. The van der Waals surface area contributed by atoms with E-state index in [1.54, 1.807) is 0 Å². The van der Waals surface area contributed by atoms with E-state index in [9.17, 15) is 4.79 Å². The second kappa shape index (κ2) is 8.19. The summed E-state index contributed by atoms with van der Waals surface area (Å²) in [5.41, 5.74) is 3.54. The van der Waals surface area contributed by atoms with Gasteiger partial charge in [0.1, 0.15) is 6.54 Å². The van der Waals surface area contributed by atoms with E-state index in [2.05, 4.69) is 22.4 Å². The maximum absolute atomic E-state index is 12.1. The number of hydrogen-bond acceptors (Lipinski definition) is 1. The number of para-hydroxylation sites is 1. The van der Waals surface area contributed by atoms with E-state index in [4.69, 9.17) is 11.6 Å². The first kappa shape index (κ1) is 17.5. The monoisotopic (exact) mass is 356 g/mol. The Morgan fingerprint density at radius 3 is 2.72 bits per heavy atom. The first-order valence-electron chi connectivity index (χ1n) is 8.49. The van der Waals surface area contributed by atoms with Crippen molar-refractivity contribution < 1.29 is 9.69 Å². The van der Waals surface area contributed by atoms with Crippen LogP contribution in [0.25, 0.3) is 10.9 Å². The van der Waals surface area contributed by atoms with Crippen molar-refractivity contribution >= 4 is 28.4 Å². The molecule has 2 aromatic carbocycles. The highest BCUT2D eigenvalue weighted by atomic mass is 35.5. The van der Waals surface area contributed by atoms with Gasteiger partial charge in [-0.1, -0.05) is 41.9 Å². The lowest BCUT2D eigenvalue weighted by atomic mass is 10.1. The van der Waals surface area contributed by atoms with Crippen LogP contribution in [0.4, 0.5) is 0 Å². The third-order valence-corrected chi connectivity index (χ3v) is 4.52. The van der Waals surface area contributed by atoms with E-state index in [1.807, 2.05) is 49.6 Å². The molecule has 3 rings (SSSR count). The molecule has 1 unspecified atom stereocenters. The van der Waals surface area contributed by atoms with Crippen molar-refractivity contribution in [3.63, 3.8) is 0 Å². The van der Waals surface area contributed by atoms with Gasteiger partial charge in [0.2, 0.25) is 0 Å². The van der Waals surface area contributed by atoms with Crippen LogP contribution in [-0.2, 0) is 17.8 Å². The lowest BCUT2D eigenvalue weighted by molar-refractivity contribution is -0.885. The van der Waals surface area contributed by atoms with Crippen LogP contribution in [0.1, 0.15) is 11.1 Å². The highest BCUT2D eigenvalue weighted by Gasteiger charge is 2.11. The lowest BCUT2D eigenvalue weighted by Crippen LogP contribution is -3.08. The molecule has 1 atom stereocenters. The number of fused-ring (bicyclic) bond motifs is 1. The Balaban J connectivity index is 1.44. The van der Waals surface area contributed by atoms with Crippen molar-refractivity contribution in [2.24, 2.45) is 0 Å². The molecule has 0 saturated heterocycles. The van der Waals surface area contributed by atoms with Gasteiger partial charge in [0, 0.05) is 34.2 Å². The molecular weight excluding hydrogens is 334 g/mol. The molecule has 25 heavy (non-hydrogen) atoms. The van der Waals surface area contributed by atoms with Crippen molar-refractivity contribution in [2.45, 2.75) is 13.0 Å². The molecule has 0 aliphatic carbocycles. The molecule has 4 nitrogen and oxygen atoms in total. The molecular formula is C20H23ClN3O+. The minimum atomic E-state index is 0.0753. The van der Waals surface area contributed by atoms with Crippen LogP contribution in [0.3, 0.4) is 0 Å². The van der Waals surface area contributed by atoms with E-state index < -0.39 is 0 Å². The number of aromatic amines is 1. The van der Waals surface area contributed by atoms with Gasteiger partial charge in [0.05, 0.1) is 7.05 Å². The van der Waals surface area contributed by atoms with E-state index in [1.165, 1.54) is 16.5 Å². The van der Waals surface area contributed by atoms with E-state index >= 15 is 0 Å². The zero-order valence-electron chi connectivity index (χ0n) is 14.3. The number of quaternary nitrogens is 1. The van der Waals surface area contributed by atoms with Crippen LogP contribution in [0.2, 0.25) is 5.02 Å². The predicted octanol–water partition coefficient (Wildman–Crippen LogP) is 2.19. The first-order valence-corrected chi connectivity index (χ1v) is 8.87. The van der Waals surface area contributed by atoms with Crippen LogP contribution in [0, 0.1) is 0 Å². The number of aromatic nitrogens is 1. The molecule has 0 radical (unpaired) electrons. The summed E-state index contributed by atoms with van der Waals surface area (Å²) in [6.45, 7) is 1.90. The summed E-state index contributed by atoms with van der Waals surface area (Å²) in [4.78, 5) is 16.5. The summed E-state index contributed by atoms with van der Waals surface area (Å²) in [7, 11) is 2.02. The van der Waals surface area contributed by atoms with Crippen molar-refractivity contribution in [1.29, 1.82) is 0 Å². The Bertz CT molecular complexity index is 842. The van der Waals surface area contributed by atoms with Gasteiger partial charge in [0.25, 0.3) is 5.91 Å². The molecule has 130 valence electrons. The molecule has 0 saturated carbocycles. The largest absolute Gasteiger partial charge is 0.361 e.